The second-order valence-corrected chi connectivity index (χ2v) is 6.59. The highest BCUT2D eigenvalue weighted by molar-refractivity contribution is 6.05. The maximum absolute atomic E-state index is 12.9. The number of nitrogens with zero attached hydrogens (tertiary/aromatic N) is 2. The van der Waals surface area contributed by atoms with Crippen molar-refractivity contribution in [2.45, 2.75) is 33.6 Å². The average molecular weight is 395 g/mol. The fraction of sp³-hybridized carbons (Fsp3) is 0.318. The highest BCUT2D eigenvalue weighted by Crippen LogP contribution is 2.30. The van der Waals surface area contributed by atoms with Gasteiger partial charge in [0.25, 0.3) is 5.91 Å². The third-order valence-corrected chi connectivity index (χ3v) is 4.22. The fourth-order valence-electron chi connectivity index (χ4n) is 2.69. The van der Waals surface area contributed by atoms with E-state index in [1.165, 1.54) is 6.39 Å². The standard InChI is InChI=1S/C22H25N3O4/c1-4-10-27-19-9-8-16(13-20(19)28-11-5-2)21(26)24-18-12-17(7-6-15(18)3)22-25-23-14-29-22/h6-9,12-14H,4-5,10-11H2,1-3H3,(H,24,26). The molecule has 0 aliphatic heterocycles. The largest absolute Gasteiger partial charge is 0.490 e. The molecular formula is C22H25N3O4. The van der Waals surface area contributed by atoms with Gasteiger partial charge in [-0.1, -0.05) is 19.9 Å². The van der Waals surface area contributed by atoms with Crippen molar-refractivity contribution in [3.63, 3.8) is 0 Å². The van der Waals surface area contributed by atoms with E-state index in [2.05, 4.69) is 15.5 Å². The lowest BCUT2D eigenvalue weighted by atomic mass is 10.1. The van der Waals surface area contributed by atoms with Gasteiger partial charge in [0.2, 0.25) is 12.3 Å². The SMILES string of the molecule is CCCOc1ccc(C(=O)Nc2cc(-c3nnco3)ccc2C)cc1OCCC. The Bertz CT molecular complexity index is 955. The molecule has 1 N–H and O–H groups in total. The lowest BCUT2D eigenvalue weighted by Gasteiger charge is -2.14. The number of rotatable bonds is 9. The first-order chi connectivity index (χ1) is 14.1. The maximum atomic E-state index is 12.9. The van der Waals surface area contributed by atoms with Crippen LogP contribution < -0.4 is 14.8 Å². The number of nitrogens with one attached hydrogen (secondary N) is 1. The van der Waals surface area contributed by atoms with Gasteiger partial charge in [0.15, 0.2) is 11.5 Å². The van der Waals surface area contributed by atoms with Gasteiger partial charge in [0.05, 0.1) is 13.2 Å². The van der Waals surface area contributed by atoms with Gasteiger partial charge in [-0.15, -0.1) is 10.2 Å². The van der Waals surface area contributed by atoms with Crippen LogP contribution in [0, 0.1) is 6.92 Å². The Balaban J connectivity index is 1.82. The predicted octanol–water partition coefficient (Wildman–Crippen LogP) is 4.87. The van der Waals surface area contributed by atoms with Crippen molar-refractivity contribution >= 4 is 11.6 Å². The number of anilines is 1. The third-order valence-electron chi connectivity index (χ3n) is 4.22. The number of carbonyl (C=O) groups excluding carboxylic acids is 1. The van der Waals surface area contributed by atoms with Crippen molar-refractivity contribution < 1.29 is 18.7 Å². The number of amides is 1. The van der Waals surface area contributed by atoms with E-state index in [9.17, 15) is 4.79 Å². The molecule has 1 amide bonds. The summed E-state index contributed by atoms with van der Waals surface area (Å²) in [5.41, 5.74) is 2.82. The van der Waals surface area contributed by atoms with Gasteiger partial charge >= 0.3 is 0 Å². The summed E-state index contributed by atoms with van der Waals surface area (Å²) in [4.78, 5) is 12.9. The Morgan fingerprint density at radius 3 is 2.48 bits per heavy atom. The summed E-state index contributed by atoms with van der Waals surface area (Å²) in [7, 11) is 0. The molecule has 7 nitrogen and oxygen atoms in total. The van der Waals surface area contributed by atoms with Gasteiger partial charge < -0.3 is 19.2 Å². The Labute approximate surface area is 170 Å². The molecule has 152 valence electrons. The zero-order valence-electron chi connectivity index (χ0n) is 16.9. The van der Waals surface area contributed by atoms with Crippen molar-refractivity contribution in [3.8, 4) is 23.0 Å². The van der Waals surface area contributed by atoms with Gasteiger partial charge in [-0.05, 0) is 55.7 Å². The zero-order valence-corrected chi connectivity index (χ0v) is 16.9. The smallest absolute Gasteiger partial charge is 0.255 e. The Hall–Kier alpha value is -3.35. The molecular weight excluding hydrogens is 370 g/mol. The van der Waals surface area contributed by atoms with E-state index in [-0.39, 0.29) is 5.91 Å². The van der Waals surface area contributed by atoms with Crippen LogP contribution in [-0.2, 0) is 0 Å². The third kappa shape index (κ3) is 5.13. The number of ether oxygens (including phenoxy) is 2. The topological polar surface area (TPSA) is 86.5 Å². The summed E-state index contributed by atoms with van der Waals surface area (Å²) in [6, 6.07) is 10.8. The molecule has 0 radical (unpaired) electrons. The van der Waals surface area contributed by atoms with Crippen LogP contribution in [-0.4, -0.2) is 29.3 Å². The van der Waals surface area contributed by atoms with Crippen molar-refractivity contribution in [1.82, 2.24) is 10.2 Å². The molecule has 0 saturated carbocycles. The van der Waals surface area contributed by atoms with Gasteiger partial charge in [-0.25, -0.2) is 0 Å². The molecule has 1 aromatic heterocycles. The molecule has 2 aromatic carbocycles. The Morgan fingerprint density at radius 1 is 1.03 bits per heavy atom. The highest BCUT2D eigenvalue weighted by Gasteiger charge is 2.14. The van der Waals surface area contributed by atoms with Crippen molar-refractivity contribution in [3.05, 3.63) is 53.9 Å². The van der Waals surface area contributed by atoms with E-state index >= 15 is 0 Å². The lowest BCUT2D eigenvalue weighted by molar-refractivity contribution is 0.102. The van der Waals surface area contributed by atoms with Crippen LogP contribution in [0.3, 0.4) is 0 Å². The minimum Gasteiger partial charge on any atom is -0.490 e. The van der Waals surface area contributed by atoms with Crippen LogP contribution >= 0.6 is 0 Å². The average Bonchev–Trinajstić information content (AvgIpc) is 3.27. The summed E-state index contributed by atoms with van der Waals surface area (Å²) < 4.78 is 16.8. The van der Waals surface area contributed by atoms with E-state index in [1.54, 1.807) is 18.2 Å². The number of aryl methyl sites for hydroxylation is 1. The summed E-state index contributed by atoms with van der Waals surface area (Å²) in [5, 5.41) is 10.6. The number of benzene rings is 2. The molecule has 0 fully saturated rings. The summed E-state index contributed by atoms with van der Waals surface area (Å²) in [6.07, 6.45) is 3.03. The van der Waals surface area contributed by atoms with E-state index in [4.69, 9.17) is 13.9 Å². The second kappa shape index (κ2) is 9.73. The molecule has 0 spiro atoms. The van der Waals surface area contributed by atoms with Crippen molar-refractivity contribution in [2.24, 2.45) is 0 Å². The normalized spacial score (nSPS) is 10.6. The molecule has 0 atom stereocenters. The van der Waals surface area contributed by atoms with Crippen LogP contribution in [0.2, 0.25) is 0 Å². The summed E-state index contributed by atoms with van der Waals surface area (Å²) >= 11 is 0. The highest BCUT2D eigenvalue weighted by atomic mass is 16.5. The summed E-state index contributed by atoms with van der Waals surface area (Å²) in [5.74, 6) is 1.38. The molecule has 0 unspecified atom stereocenters. The number of carbonyl (C=O) groups is 1. The Morgan fingerprint density at radius 2 is 1.79 bits per heavy atom. The quantitative estimate of drug-likeness (QED) is 0.556. The van der Waals surface area contributed by atoms with Gasteiger partial charge in [0, 0.05) is 16.8 Å². The molecule has 29 heavy (non-hydrogen) atoms. The minimum atomic E-state index is -0.237. The zero-order chi connectivity index (χ0) is 20.6. The van der Waals surface area contributed by atoms with Crippen LogP contribution in [0.15, 0.2) is 47.2 Å². The second-order valence-electron chi connectivity index (χ2n) is 6.59. The minimum absolute atomic E-state index is 0.237. The van der Waals surface area contributed by atoms with E-state index < -0.39 is 0 Å². The molecule has 1 heterocycles. The van der Waals surface area contributed by atoms with Gasteiger partial charge in [0.1, 0.15) is 0 Å². The molecule has 3 aromatic rings. The molecule has 3 rings (SSSR count). The van der Waals surface area contributed by atoms with E-state index in [0.717, 1.165) is 24.0 Å². The van der Waals surface area contributed by atoms with Crippen LogP contribution in [0.1, 0.15) is 42.6 Å². The van der Waals surface area contributed by atoms with Crippen molar-refractivity contribution in [2.75, 3.05) is 18.5 Å². The first kappa shape index (κ1) is 20.4. The summed E-state index contributed by atoms with van der Waals surface area (Å²) in [6.45, 7) is 7.14. The molecule has 7 heteroatoms. The molecule has 0 saturated heterocycles. The number of hydrogen-bond acceptors (Lipinski definition) is 6. The molecule has 0 bridgehead atoms. The first-order valence-electron chi connectivity index (χ1n) is 9.70. The van der Waals surface area contributed by atoms with Gasteiger partial charge in [-0.3, -0.25) is 4.79 Å². The first-order valence-corrected chi connectivity index (χ1v) is 9.70. The van der Waals surface area contributed by atoms with E-state index in [1.807, 2.05) is 39.0 Å². The molecule has 0 aliphatic rings. The maximum Gasteiger partial charge on any atom is 0.255 e. The monoisotopic (exact) mass is 395 g/mol. The predicted molar refractivity (Wildman–Crippen MR) is 110 cm³/mol. The van der Waals surface area contributed by atoms with E-state index in [0.29, 0.717) is 41.9 Å². The Kier molecular flexibility index (Phi) is 6.84. The lowest BCUT2D eigenvalue weighted by Crippen LogP contribution is -2.13. The van der Waals surface area contributed by atoms with Crippen LogP contribution in [0.25, 0.3) is 11.5 Å². The van der Waals surface area contributed by atoms with Crippen LogP contribution in [0.5, 0.6) is 11.5 Å². The molecule has 0 aliphatic carbocycles. The van der Waals surface area contributed by atoms with Crippen LogP contribution in [0.4, 0.5) is 5.69 Å². The van der Waals surface area contributed by atoms with Crippen molar-refractivity contribution in [1.29, 1.82) is 0 Å². The number of aromatic nitrogens is 2. The number of hydrogen-bond donors (Lipinski definition) is 1. The van der Waals surface area contributed by atoms with Gasteiger partial charge in [-0.2, -0.15) is 0 Å². The fourth-order valence-corrected chi connectivity index (χ4v) is 2.69.